The Hall–Kier alpha value is -2.93. The Balaban J connectivity index is 2.05. The third kappa shape index (κ3) is 5.03. The zero-order valence-corrected chi connectivity index (χ0v) is 15.1. The molecule has 0 saturated heterocycles. The summed E-state index contributed by atoms with van der Waals surface area (Å²) in [5.41, 5.74) is 1.11. The predicted octanol–water partition coefficient (Wildman–Crippen LogP) is 2.50. The average molecular weight is 358 g/mol. The van der Waals surface area contributed by atoms with E-state index in [1.807, 2.05) is 35.6 Å². The molecule has 0 bridgehead atoms. The Bertz CT molecular complexity index is 763. The number of nitrogens with one attached hydrogen (secondary N) is 1. The Labute approximate surface area is 152 Å². The van der Waals surface area contributed by atoms with E-state index in [1.165, 1.54) is 19.2 Å². The SMILES string of the molecule is COc1ccc(NC(=O)C[NH2+][C@@H](c2ccccc2)C(C)C)c([N+](=O)[O-])c1. The summed E-state index contributed by atoms with van der Waals surface area (Å²) in [6.07, 6.45) is 0. The summed E-state index contributed by atoms with van der Waals surface area (Å²) >= 11 is 0. The molecule has 0 fully saturated rings. The molecule has 1 atom stereocenters. The first kappa shape index (κ1) is 19.4. The number of carbonyl (C=O) groups is 1. The minimum absolute atomic E-state index is 0.132. The second-order valence-electron chi connectivity index (χ2n) is 6.31. The molecule has 3 N–H and O–H groups in total. The number of amides is 1. The van der Waals surface area contributed by atoms with Crippen LogP contribution in [0, 0.1) is 16.0 Å². The van der Waals surface area contributed by atoms with Crippen molar-refractivity contribution in [3.63, 3.8) is 0 Å². The van der Waals surface area contributed by atoms with Crippen LogP contribution in [0.3, 0.4) is 0 Å². The van der Waals surface area contributed by atoms with Crippen molar-refractivity contribution < 1.29 is 19.8 Å². The molecule has 26 heavy (non-hydrogen) atoms. The second kappa shape index (κ2) is 8.96. The topological polar surface area (TPSA) is 98.1 Å². The molecule has 138 valence electrons. The van der Waals surface area contributed by atoms with Gasteiger partial charge in [0.15, 0.2) is 6.54 Å². The van der Waals surface area contributed by atoms with Gasteiger partial charge >= 0.3 is 0 Å². The lowest BCUT2D eigenvalue weighted by Crippen LogP contribution is -2.88. The normalized spacial score (nSPS) is 11.8. The van der Waals surface area contributed by atoms with Crippen LogP contribution in [0.2, 0.25) is 0 Å². The van der Waals surface area contributed by atoms with Crippen LogP contribution in [-0.4, -0.2) is 24.5 Å². The highest BCUT2D eigenvalue weighted by Crippen LogP contribution is 2.28. The van der Waals surface area contributed by atoms with E-state index in [1.54, 1.807) is 6.07 Å². The van der Waals surface area contributed by atoms with Gasteiger partial charge in [0.05, 0.1) is 18.1 Å². The van der Waals surface area contributed by atoms with Crippen LogP contribution >= 0.6 is 0 Å². The van der Waals surface area contributed by atoms with Gasteiger partial charge in [0.1, 0.15) is 17.5 Å². The predicted molar refractivity (Wildman–Crippen MR) is 99.1 cm³/mol. The number of hydrogen-bond donors (Lipinski definition) is 2. The molecule has 0 spiro atoms. The van der Waals surface area contributed by atoms with Crippen molar-refractivity contribution in [3.8, 4) is 5.75 Å². The van der Waals surface area contributed by atoms with Gasteiger partial charge in [0.2, 0.25) is 0 Å². The van der Waals surface area contributed by atoms with Crippen LogP contribution < -0.4 is 15.4 Å². The first-order valence-electron chi connectivity index (χ1n) is 8.43. The first-order chi connectivity index (χ1) is 12.4. The lowest BCUT2D eigenvalue weighted by Gasteiger charge is -2.19. The molecule has 2 aromatic carbocycles. The van der Waals surface area contributed by atoms with E-state index >= 15 is 0 Å². The summed E-state index contributed by atoms with van der Waals surface area (Å²) < 4.78 is 5.00. The largest absolute Gasteiger partial charge is 0.496 e. The van der Waals surface area contributed by atoms with Gasteiger partial charge in [-0.15, -0.1) is 0 Å². The second-order valence-corrected chi connectivity index (χ2v) is 6.31. The number of rotatable bonds is 8. The molecule has 2 rings (SSSR count). The molecule has 0 aromatic heterocycles. The van der Waals surface area contributed by atoms with Crippen LogP contribution in [0.1, 0.15) is 25.5 Å². The summed E-state index contributed by atoms with van der Waals surface area (Å²) in [6.45, 7) is 4.36. The number of carbonyl (C=O) groups excluding carboxylic acids is 1. The smallest absolute Gasteiger partial charge is 0.296 e. The van der Waals surface area contributed by atoms with E-state index < -0.39 is 4.92 Å². The summed E-state index contributed by atoms with van der Waals surface area (Å²) in [6, 6.07) is 14.4. The Morgan fingerprint density at radius 3 is 2.50 bits per heavy atom. The van der Waals surface area contributed by atoms with Crippen molar-refractivity contribution in [2.45, 2.75) is 19.9 Å². The highest BCUT2D eigenvalue weighted by molar-refractivity contribution is 5.93. The molecule has 0 aliphatic carbocycles. The van der Waals surface area contributed by atoms with E-state index in [0.717, 1.165) is 5.56 Å². The number of hydrogen-bond acceptors (Lipinski definition) is 4. The number of anilines is 1. The molecular formula is C19H24N3O4+. The summed E-state index contributed by atoms with van der Waals surface area (Å²) in [5.74, 6) is 0.408. The average Bonchev–Trinajstić information content (AvgIpc) is 2.62. The standard InChI is InChI=1S/C19H23N3O4/c1-13(2)19(14-7-5-4-6-8-14)20-12-18(23)21-16-10-9-15(26-3)11-17(16)22(24)25/h4-11,13,19-20H,12H2,1-3H3,(H,21,23)/p+1/t19-/m1/s1. The molecule has 2 aromatic rings. The quantitative estimate of drug-likeness (QED) is 0.559. The van der Waals surface area contributed by atoms with E-state index in [2.05, 4.69) is 19.2 Å². The monoisotopic (exact) mass is 358 g/mol. The molecule has 0 heterocycles. The number of methoxy groups -OCH3 is 1. The van der Waals surface area contributed by atoms with Crippen LogP contribution in [0.4, 0.5) is 11.4 Å². The van der Waals surface area contributed by atoms with E-state index in [9.17, 15) is 14.9 Å². The first-order valence-corrected chi connectivity index (χ1v) is 8.43. The van der Waals surface area contributed by atoms with Gasteiger partial charge in [-0.2, -0.15) is 0 Å². The van der Waals surface area contributed by atoms with Crippen molar-refractivity contribution in [3.05, 3.63) is 64.2 Å². The van der Waals surface area contributed by atoms with Crippen LogP contribution in [0.5, 0.6) is 5.75 Å². The van der Waals surface area contributed by atoms with Gasteiger partial charge in [0.25, 0.3) is 11.6 Å². The van der Waals surface area contributed by atoms with Crippen molar-refractivity contribution >= 4 is 17.3 Å². The van der Waals surface area contributed by atoms with Gasteiger partial charge in [-0.1, -0.05) is 44.2 Å². The molecule has 0 radical (unpaired) electrons. The Morgan fingerprint density at radius 1 is 1.23 bits per heavy atom. The Kier molecular flexibility index (Phi) is 6.68. The number of nitrogens with zero attached hydrogens (tertiary/aromatic N) is 1. The van der Waals surface area contributed by atoms with E-state index in [-0.39, 0.29) is 29.9 Å². The number of benzene rings is 2. The zero-order valence-electron chi connectivity index (χ0n) is 15.1. The van der Waals surface area contributed by atoms with Gasteiger partial charge in [-0.3, -0.25) is 14.9 Å². The number of nitro groups is 1. The number of quaternary nitrogens is 1. The molecule has 7 nitrogen and oxygen atoms in total. The van der Waals surface area contributed by atoms with E-state index in [0.29, 0.717) is 11.7 Å². The number of ether oxygens (including phenoxy) is 1. The van der Waals surface area contributed by atoms with Gasteiger partial charge < -0.3 is 15.4 Å². The van der Waals surface area contributed by atoms with Gasteiger partial charge in [0, 0.05) is 11.5 Å². The third-order valence-corrected chi connectivity index (χ3v) is 4.14. The maximum Gasteiger partial charge on any atom is 0.296 e. The lowest BCUT2D eigenvalue weighted by molar-refractivity contribution is -0.692. The number of nitrogens with two attached hydrogens (primary N) is 1. The molecule has 0 aliphatic heterocycles. The number of nitro benzene ring substituents is 1. The Morgan fingerprint density at radius 2 is 1.92 bits per heavy atom. The van der Waals surface area contributed by atoms with Gasteiger partial charge in [-0.25, -0.2) is 0 Å². The highest BCUT2D eigenvalue weighted by atomic mass is 16.6. The maximum absolute atomic E-state index is 12.3. The van der Waals surface area contributed by atoms with Crippen LogP contribution in [-0.2, 0) is 4.79 Å². The van der Waals surface area contributed by atoms with Crippen molar-refractivity contribution in [2.75, 3.05) is 19.0 Å². The van der Waals surface area contributed by atoms with E-state index in [4.69, 9.17) is 4.74 Å². The van der Waals surface area contributed by atoms with Crippen molar-refractivity contribution in [1.29, 1.82) is 0 Å². The lowest BCUT2D eigenvalue weighted by atomic mass is 9.96. The summed E-state index contributed by atoms with van der Waals surface area (Å²) in [7, 11) is 1.43. The summed E-state index contributed by atoms with van der Waals surface area (Å²) in [5, 5.41) is 15.8. The van der Waals surface area contributed by atoms with Gasteiger partial charge in [-0.05, 0) is 12.1 Å². The molecule has 0 aliphatic rings. The third-order valence-electron chi connectivity index (χ3n) is 4.14. The molecule has 1 amide bonds. The highest BCUT2D eigenvalue weighted by Gasteiger charge is 2.22. The fourth-order valence-electron chi connectivity index (χ4n) is 2.80. The molecule has 7 heteroatoms. The molecule has 0 saturated carbocycles. The fraction of sp³-hybridized carbons (Fsp3) is 0.316. The minimum atomic E-state index is -0.539. The van der Waals surface area contributed by atoms with Crippen molar-refractivity contribution in [2.24, 2.45) is 5.92 Å². The fourth-order valence-corrected chi connectivity index (χ4v) is 2.80. The van der Waals surface area contributed by atoms with Crippen LogP contribution in [0.25, 0.3) is 0 Å². The molecular weight excluding hydrogens is 334 g/mol. The minimum Gasteiger partial charge on any atom is -0.496 e. The zero-order chi connectivity index (χ0) is 19.1. The van der Waals surface area contributed by atoms with Crippen LogP contribution in [0.15, 0.2) is 48.5 Å². The maximum atomic E-state index is 12.3. The van der Waals surface area contributed by atoms with Crippen molar-refractivity contribution in [1.82, 2.24) is 0 Å². The molecule has 0 unspecified atom stereocenters. The summed E-state index contributed by atoms with van der Waals surface area (Å²) in [4.78, 5) is 23.0.